The van der Waals surface area contributed by atoms with Crippen LogP contribution in [0, 0.1) is 0 Å². The number of benzene rings is 4. The van der Waals surface area contributed by atoms with E-state index < -0.39 is 41.9 Å². The maximum atomic E-state index is 14.0. The van der Waals surface area contributed by atoms with Gasteiger partial charge in [-0.15, -0.1) is 0 Å². The molecule has 1 aliphatic carbocycles. The average Bonchev–Trinajstić information content (AvgIpc) is 3.66. The number of hydrogen-bond donors (Lipinski definition) is 3. The molecule has 0 aromatic heterocycles. The Balaban J connectivity index is 1.13. The molecule has 350 valence electrons. The second-order valence-corrected chi connectivity index (χ2v) is 16.3. The van der Waals surface area contributed by atoms with Crippen molar-refractivity contribution in [3.05, 3.63) is 131 Å². The van der Waals surface area contributed by atoms with Gasteiger partial charge in [0.2, 0.25) is 11.8 Å². The zero-order chi connectivity index (χ0) is 46.6. The summed E-state index contributed by atoms with van der Waals surface area (Å²) in [4.78, 5) is 75.5. The quantitative estimate of drug-likeness (QED) is 0.0211. The van der Waals surface area contributed by atoms with Crippen molar-refractivity contribution in [2.24, 2.45) is 9.98 Å². The van der Waals surface area contributed by atoms with E-state index in [0.717, 1.165) is 71.9 Å². The van der Waals surface area contributed by atoms with E-state index in [1.807, 2.05) is 129 Å². The number of fused-ring (bicyclic) bond motifs is 3. The predicted molar refractivity (Wildman–Crippen MR) is 258 cm³/mol. The zero-order valence-electron chi connectivity index (χ0n) is 38.2. The smallest absolute Gasteiger partial charge is 0.407 e. The van der Waals surface area contributed by atoms with Crippen LogP contribution in [-0.2, 0) is 33.4 Å². The number of rotatable bonds is 29. The first kappa shape index (κ1) is 50.4. The first-order chi connectivity index (χ1) is 32.3. The maximum absolute atomic E-state index is 14.0. The van der Waals surface area contributed by atoms with Crippen LogP contribution in [0.25, 0.3) is 11.1 Å². The van der Waals surface area contributed by atoms with E-state index in [4.69, 9.17) is 14.2 Å². The van der Waals surface area contributed by atoms with Crippen molar-refractivity contribution < 1.29 is 38.2 Å². The minimum Gasteiger partial charge on any atom is -0.466 e. The normalized spacial score (nSPS) is 12.8. The van der Waals surface area contributed by atoms with Crippen molar-refractivity contribution in [3.63, 3.8) is 0 Å². The van der Waals surface area contributed by atoms with Crippen LogP contribution in [0.4, 0.5) is 4.79 Å². The van der Waals surface area contributed by atoms with E-state index in [2.05, 4.69) is 25.9 Å². The Morgan fingerprint density at radius 3 is 1.56 bits per heavy atom. The Hall–Kier alpha value is -6.63. The molecule has 0 radical (unpaired) electrons. The summed E-state index contributed by atoms with van der Waals surface area (Å²) < 4.78 is 16.7. The molecule has 13 heteroatoms. The summed E-state index contributed by atoms with van der Waals surface area (Å²) in [6.45, 7) is 4.15. The standard InChI is InChI=1S/C53H65N5O8/c1-2-3-34-56-51(61)47(28-30-49(59)64-35-18-6-16-32-54-37-40-20-8-4-9-21-40)57-52(62)48(29-31-50(60)65-36-19-7-17-33-55-38-41-22-10-5-11-23-41)58-53(63)66-39-46-44-26-14-12-24-42(44)43-25-13-15-27-45(43)46/h4-5,8-15,20-27,37-38,46-48H,2-3,6-7,16-19,28-36,39H2,1H3,(H,56,61)(H,57,62)(H,58,63)/t47-,48-/m0/s1. The van der Waals surface area contributed by atoms with Crippen LogP contribution in [0.3, 0.4) is 0 Å². The lowest BCUT2D eigenvalue weighted by molar-refractivity contribution is -0.145. The van der Waals surface area contributed by atoms with E-state index in [1.54, 1.807) is 0 Å². The molecule has 0 bridgehead atoms. The molecule has 0 fully saturated rings. The topological polar surface area (TPSA) is 174 Å². The molecule has 0 saturated carbocycles. The zero-order valence-corrected chi connectivity index (χ0v) is 38.2. The highest BCUT2D eigenvalue weighted by Gasteiger charge is 2.31. The second-order valence-electron chi connectivity index (χ2n) is 16.3. The highest BCUT2D eigenvalue weighted by Crippen LogP contribution is 2.44. The van der Waals surface area contributed by atoms with Gasteiger partial charge in [0.25, 0.3) is 0 Å². The Kier molecular flexibility index (Phi) is 22.1. The minimum atomic E-state index is -1.26. The molecule has 0 heterocycles. The number of nitrogens with one attached hydrogen (secondary N) is 3. The van der Waals surface area contributed by atoms with Gasteiger partial charge in [0, 0.05) is 50.8 Å². The summed E-state index contributed by atoms with van der Waals surface area (Å²) in [7, 11) is 0. The van der Waals surface area contributed by atoms with Crippen LogP contribution in [0.2, 0.25) is 0 Å². The third-order valence-electron chi connectivity index (χ3n) is 11.2. The van der Waals surface area contributed by atoms with Gasteiger partial charge in [-0.25, -0.2) is 4.79 Å². The average molecular weight is 900 g/mol. The van der Waals surface area contributed by atoms with Gasteiger partial charge in [0.1, 0.15) is 18.7 Å². The summed E-state index contributed by atoms with van der Waals surface area (Å²) in [5.41, 5.74) is 6.29. The molecular formula is C53H65N5O8. The number of nitrogens with zero attached hydrogens (tertiary/aromatic N) is 2. The van der Waals surface area contributed by atoms with E-state index in [1.165, 1.54) is 0 Å². The second kappa shape index (κ2) is 29.0. The van der Waals surface area contributed by atoms with Crippen molar-refractivity contribution in [3.8, 4) is 11.1 Å². The number of amides is 3. The lowest BCUT2D eigenvalue weighted by Crippen LogP contribution is -2.54. The predicted octanol–water partition coefficient (Wildman–Crippen LogP) is 8.52. The fourth-order valence-electron chi connectivity index (χ4n) is 7.53. The molecule has 2 atom stereocenters. The molecule has 4 aromatic rings. The van der Waals surface area contributed by atoms with Gasteiger partial charge in [-0.1, -0.05) is 123 Å². The van der Waals surface area contributed by atoms with Gasteiger partial charge in [-0.2, -0.15) is 0 Å². The number of esters is 2. The summed E-state index contributed by atoms with van der Waals surface area (Å²) in [5.74, 6) is -2.40. The van der Waals surface area contributed by atoms with Crippen molar-refractivity contribution in [1.29, 1.82) is 0 Å². The van der Waals surface area contributed by atoms with Gasteiger partial charge >= 0.3 is 18.0 Å². The number of aliphatic imine (C=N–C) groups is 2. The summed E-state index contributed by atoms with van der Waals surface area (Å²) in [6, 6.07) is 33.3. The lowest BCUT2D eigenvalue weighted by Gasteiger charge is -2.23. The molecule has 1 aliphatic rings. The number of carbonyl (C=O) groups is 5. The SMILES string of the molecule is CCCCNC(=O)[C@H](CCC(=O)OCCCCCN=Cc1ccccc1)NC(=O)[C@H](CCC(=O)OCCCCCN=Cc1ccccc1)NC(=O)OCC1c2ccccc2-c2ccccc21. The highest BCUT2D eigenvalue weighted by molar-refractivity contribution is 5.92. The Morgan fingerprint density at radius 2 is 1.05 bits per heavy atom. The molecule has 66 heavy (non-hydrogen) atoms. The number of hydrogen-bond acceptors (Lipinski definition) is 10. The molecule has 3 N–H and O–H groups in total. The van der Waals surface area contributed by atoms with Gasteiger partial charge in [0.05, 0.1) is 13.2 Å². The van der Waals surface area contributed by atoms with Crippen molar-refractivity contribution in [2.45, 2.75) is 102 Å². The maximum Gasteiger partial charge on any atom is 0.407 e. The molecule has 0 spiro atoms. The van der Waals surface area contributed by atoms with E-state index in [-0.39, 0.29) is 51.4 Å². The minimum absolute atomic E-state index is 0.0145. The highest BCUT2D eigenvalue weighted by atomic mass is 16.6. The van der Waals surface area contributed by atoms with E-state index in [0.29, 0.717) is 32.5 Å². The van der Waals surface area contributed by atoms with Crippen LogP contribution < -0.4 is 16.0 Å². The fourth-order valence-corrected chi connectivity index (χ4v) is 7.53. The fraction of sp³-hybridized carbons (Fsp3) is 0.415. The molecule has 0 unspecified atom stereocenters. The first-order valence-corrected chi connectivity index (χ1v) is 23.4. The molecule has 13 nitrogen and oxygen atoms in total. The van der Waals surface area contributed by atoms with Crippen LogP contribution in [0.15, 0.2) is 119 Å². The summed E-state index contributed by atoms with van der Waals surface area (Å²) >= 11 is 0. The lowest BCUT2D eigenvalue weighted by atomic mass is 9.98. The number of ether oxygens (including phenoxy) is 3. The van der Waals surface area contributed by atoms with Crippen LogP contribution >= 0.6 is 0 Å². The Morgan fingerprint density at radius 1 is 0.561 bits per heavy atom. The molecule has 0 saturated heterocycles. The van der Waals surface area contributed by atoms with Crippen LogP contribution in [-0.4, -0.2) is 93.8 Å². The third kappa shape index (κ3) is 17.7. The third-order valence-corrected chi connectivity index (χ3v) is 11.2. The number of alkyl carbamates (subject to hydrolysis) is 1. The van der Waals surface area contributed by atoms with Crippen molar-refractivity contribution in [1.82, 2.24) is 16.0 Å². The van der Waals surface area contributed by atoms with Crippen molar-refractivity contribution in [2.75, 3.05) is 39.5 Å². The van der Waals surface area contributed by atoms with Crippen molar-refractivity contribution >= 4 is 42.3 Å². The number of carbonyl (C=O) groups excluding carboxylic acids is 5. The molecule has 0 aliphatic heterocycles. The largest absolute Gasteiger partial charge is 0.466 e. The van der Waals surface area contributed by atoms with Gasteiger partial charge < -0.3 is 30.2 Å². The van der Waals surface area contributed by atoms with Crippen LogP contribution in [0.1, 0.15) is 112 Å². The van der Waals surface area contributed by atoms with Crippen LogP contribution in [0.5, 0.6) is 0 Å². The molecular weight excluding hydrogens is 835 g/mol. The van der Waals surface area contributed by atoms with Gasteiger partial charge in [-0.3, -0.25) is 29.2 Å². The number of unbranched alkanes of at least 4 members (excludes halogenated alkanes) is 5. The summed E-state index contributed by atoms with van der Waals surface area (Å²) in [6.07, 6.45) is 8.59. The summed E-state index contributed by atoms with van der Waals surface area (Å²) in [5, 5.41) is 8.23. The van der Waals surface area contributed by atoms with Gasteiger partial charge in [0.15, 0.2) is 0 Å². The molecule has 5 rings (SSSR count). The van der Waals surface area contributed by atoms with Gasteiger partial charge in [-0.05, 0) is 91.2 Å². The monoisotopic (exact) mass is 899 g/mol. The Labute approximate surface area is 389 Å². The molecule has 3 amide bonds. The van der Waals surface area contributed by atoms with E-state index >= 15 is 0 Å². The van der Waals surface area contributed by atoms with E-state index in [9.17, 15) is 24.0 Å². The first-order valence-electron chi connectivity index (χ1n) is 23.4. The Bertz CT molecular complexity index is 2130. The molecule has 4 aromatic carbocycles.